The van der Waals surface area contributed by atoms with Crippen molar-refractivity contribution in [2.75, 3.05) is 12.4 Å². The quantitative estimate of drug-likeness (QED) is 0.271. The monoisotopic (exact) mass is 462 g/mol. The number of hydrogen-bond donors (Lipinski definition) is 3. The number of carbonyl (C=O) groups excluding carboxylic acids is 1. The molecule has 6 aromatic rings. The van der Waals surface area contributed by atoms with Gasteiger partial charge in [0, 0.05) is 30.7 Å². The second-order valence-electron chi connectivity index (χ2n) is 8.24. The minimum absolute atomic E-state index is 0.0899. The van der Waals surface area contributed by atoms with E-state index in [1.54, 1.807) is 17.5 Å². The molecular formula is C28H22N4OS. The lowest BCUT2D eigenvalue weighted by Gasteiger charge is -2.09. The third-order valence-corrected chi connectivity index (χ3v) is 7.22. The van der Waals surface area contributed by atoms with E-state index in [4.69, 9.17) is 0 Å². The summed E-state index contributed by atoms with van der Waals surface area (Å²) in [5.74, 6) is -0.0899. The third-order valence-electron chi connectivity index (χ3n) is 6.18. The van der Waals surface area contributed by atoms with Gasteiger partial charge in [-0.25, -0.2) is 4.98 Å². The summed E-state index contributed by atoms with van der Waals surface area (Å²) >= 11 is 1.63. The molecule has 0 saturated heterocycles. The molecule has 166 valence electrons. The van der Waals surface area contributed by atoms with Crippen LogP contribution in [0, 0.1) is 0 Å². The standard InChI is InChI=1S/C28H22N4OS/c1-29-28-32-25-12-10-19(14-26(25)34-28)18-9-11-24-22(13-18)23(16-30-24)27(33)31-15-20-7-4-6-17-5-2-3-8-21(17)20/h2-14,16,30H,15H2,1H3,(H,29,32)(H,31,33). The highest BCUT2D eigenvalue weighted by Crippen LogP contribution is 2.32. The van der Waals surface area contributed by atoms with Crippen molar-refractivity contribution in [1.82, 2.24) is 15.3 Å². The third kappa shape index (κ3) is 3.58. The van der Waals surface area contributed by atoms with Gasteiger partial charge in [-0.3, -0.25) is 4.79 Å². The van der Waals surface area contributed by atoms with Crippen LogP contribution in [-0.4, -0.2) is 22.9 Å². The SMILES string of the molecule is CNc1nc2ccc(-c3ccc4[nH]cc(C(=O)NCc5cccc6ccccc56)c4c3)cc2s1. The van der Waals surface area contributed by atoms with Gasteiger partial charge in [0.25, 0.3) is 5.91 Å². The number of thiazole rings is 1. The lowest BCUT2D eigenvalue weighted by atomic mass is 10.0. The second-order valence-corrected chi connectivity index (χ2v) is 9.27. The van der Waals surface area contributed by atoms with Crippen molar-refractivity contribution in [3.05, 3.63) is 96.2 Å². The first kappa shape index (κ1) is 20.4. The average Bonchev–Trinajstić information content (AvgIpc) is 3.50. The second kappa shape index (κ2) is 8.32. The fraction of sp³-hybridized carbons (Fsp3) is 0.0714. The maximum Gasteiger partial charge on any atom is 0.253 e. The van der Waals surface area contributed by atoms with E-state index >= 15 is 0 Å². The van der Waals surface area contributed by atoms with Crippen LogP contribution in [0.3, 0.4) is 0 Å². The zero-order chi connectivity index (χ0) is 23.1. The molecule has 0 radical (unpaired) electrons. The van der Waals surface area contributed by atoms with E-state index in [9.17, 15) is 4.79 Å². The maximum absolute atomic E-state index is 13.1. The van der Waals surface area contributed by atoms with Gasteiger partial charge in [-0.2, -0.15) is 0 Å². The Labute approximate surface area is 200 Å². The Morgan fingerprint density at radius 3 is 2.68 bits per heavy atom. The predicted octanol–water partition coefficient (Wildman–Crippen LogP) is 6.57. The first-order chi connectivity index (χ1) is 16.7. The van der Waals surface area contributed by atoms with Crippen molar-refractivity contribution < 1.29 is 4.79 Å². The Bertz CT molecular complexity index is 1680. The Kier molecular flexibility index (Phi) is 5.00. The molecule has 0 spiro atoms. The summed E-state index contributed by atoms with van der Waals surface area (Å²) in [6.07, 6.45) is 1.79. The highest BCUT2D eigenvalue weighted by molar-refractivity contribution is 7.22. The number of aromatic nitrogens is 2. The first-order valence-electron chi connectivity index (χ1n) is 11.1. The highest BCUT2D eigenvalue weighted by Gasteiger charge is 2.14. The molecule has 0 aliphatic rings. The van der Waals surface area contributed by atoms with Crippen LogP contribution in [0.4, 0.5) is 5.13 Å². The van der Waals surface area contributed by atoms with Crippen LogP contribution in [0.15, 0.2) is 85.1 Å². The molecule has 0 atom stereocenters. The molecule has 0 aliphatic carbocycles. The zero-order valence-electron chi connectivity index (χ0n) is 18.6. The molecule has 0 aliphatic heterocycles. The number of nitrogens with zero attached hydrogens (tertiary/aromatic N) is 1. The van der Waals surface area contributed by atoms with E-state index in [1.807, 2.05) is 37.4 Å². The molecule has 5 nitrogen and oxygen atoms in total. The number of aromatic amines is 1. The van der Waals surface area contributed by atoms with Gasteiger partial charge in [0.2, 0.25) is 0 Å². The molecule has 0 fully saturated rings. The van der Waals surface area contributed by atoms with E-state index in [-0.39, 0.29) is 5.91 Å². The van der Waals surface area contributed by atoms with E-state index in [1.165, 1.54) is 5.39 Å². The lowest BCUT2D eigenvalue weighted by molar-refractivity contribution is 0.0953. The van der Waals surface area contributed by atoms with Gasteiger partial charge in [0.1, 0.15) is 0 Å². The van der Waals surface area contributed by atoms with Crippen LogP contribution in [0.1, 0.15) is 15.9 Å². The van der Waals surface area contributed by atoms with Gasteiger partial charge < -0.3 is 15.6 Å². The molecule has 3 N–H and O–H groups in total. The summed E-state index contributed by atoms with van der Waals surface area (Å²) in [5, 5.41) is 10.4. The minimum Gasteiger partial charge on any atom is -0.365 e. The van der Waals surface area contributed by atoms with E-state index < -0.39 is 0 Å². The van der Waals surface area contributed by atoms with Gasteiger partial charge in [0.05, 0.1) is 15.8 Å². The molecule has 0 unspecified atom stereocenters. The largest absolute Gasteiger partial charge is 0.365 e. The molecule has 0 saturated carbocycles. The summed E-state index contributed by atoms with van der Waals surface area (Å²) in [7, 11) is 1.88. The van der Waals surface area contributed by atoms with Gasteiger partial charge >= 0.3 is 0 Å². The molecular weight excluding hydrogens is 440 g/mol. The first-order valence-corrected chi connectivity index (χ1v) is 12.0. The predicted molar refractivity (Wildman–Crippen MR) is 142 cm³/mol. The number of carbonyl (C=O) groups is 1. The maximum atomic E-state index is 13.1. The van der Waals surface area contributed by atoms with Gasteiger partial charge in [-0.1, -0.05) is 65.9 Å². The summed E-state index contributed by atoms with van der Waals surface area (Å²) in [6, 6.07) is 26.9. The fourth-order valence-electron chi connectivity index (χ4n) is 4.42. The number of rotatable bonds is 5. The Morgan fingerprint density at radius 1 is 0.941 bits per heavy atom. The smallest absolute Gasteiger partial charge is 0.253 e. The van der Waals surface area contributed by atoms with Crippen LogP contribution < -0.4 is 10.6 Å². The van der Waals surface area contributed by atoms with Crippen LogP contribution in [0.25, 0.3) is 43.0 Å². The number of H-pyrrole nitrogens is 1. The molecule has 6 rings (SSSR count). The molecule has 4 aromatic carbocycles. The normalized spacial score (nSPS) is 11.3. The van der Waals surface area contributed by atoms with Crippen LogP contribution in [0.5, 0.6) is 0 Å². The molecule has 1 amide bonds. The van der Waals surface area contributed by atoms with Crippen LogP contribution >= 0.6 is 11.3 Å². The van der Waals surface area contributed by atoms with E-state index in [2.05, 4.69) is 69.1 Å². The molecule has 6 heteroatoms. The number of hydrogen-bond acceptors (Lipinski definition) is 4. The summed E-state index contributed by atoms with van der Waals surface area (Å²) < 4.78 is 1.13. The Hall–Kier alpha value is -4.16. The van der Waals surface area contributed by atoms with Crippen molar-refractivity contribution in [2.24, 2.45) is 0 Å². The molecule has 0 bridgehead atoms. The summed E-state index contributed by atoms with van der Waals surface area (Å²) in [4.78, 5) is 20.9. The average molecular weight is 463 g/mol. The van der Waals surface area contributed by atoms with Gasteiger partial charge in [-0.05, 0) is 51.7 Å². The molecule has 2 heterocycles. The topological polar surface area (TPSA) is 69.8 Å². The van der Waals surface area contributed by atoms with Crippen molar-refractivity contribution in [3.63, 3.8) is 0 Å². The summed E-state index contributed by atoms with van der Waals surface area (Å²) in [5.41, 5.74) is 5.84. The number of benzene rings is 4. The summed E-state index contributed by atoms with van der Waals surface area (Å²) in [6.45, 7) is 0.475. The molecule has 34 heavy (non-hydrogen) atoms. The van der Waals surface area contributed by atoms with Crippen molar-refractivity contribution in [3.8, 4) is 11.1 Å². The minimum atomic E-state index is -0.0899. The number of nitrogens with one attached hydrogen (secondary N) is 3. The van der Waals surface area contributed by atoms with Crippen LogP contribution in [-0.2, 0) is 6.54 Å². The van der Waals surface area contributed by atoms with Crippen molar-refractivity contribution >= 4 is 54.3 Å². The molecule has 2 aromatic heterocycles. The fourth-order valence-corrected chi connectivity index (χ4v) is 5.28. The number of fused-ring (bicyclic) bond motifs is 3. The van der Waals surface area contributed by atoms with Crippen molar-refractivity contribution in [2.45, 2.75) is 6.54 Å². The number of anilines is 1. The van der Waals surface area contributed by atoms with Gasteiger partial charge in [-0.15, -0.1) is 0 Å². The van der Waals surface area contributed by atoms with Crippen molar-refractivity contribution in [1.29, 1.82) is 0 Å². The Morgan fingerprint density at radius 2 is 1.76 bits per heavy atom. The zero-order valence-corrected chi connectivity index (χ0v) is 19.4. The van der Waals surface area contributed by atoms with Gasteiger partial charge in [0.15, 0.2) is 5.13 Å². The number of amides is 1. The highest BCUT2D eigenvalue weighted by atomic mass is 32.1. The lowest BCUT2D eigenvalue weighted by Crippen LogP contribution is -2.22. The Balaban J connectivity index is 1.30. The van der Waals surface area contributed by atoms with E-state index in [0.717, 1.165) is 48.3 Å². The van der Waals surface area contributed by atoms with E-state index in [0.29, 0.717) is 12.1 Å². The van der Waals surface area contributed by atoms with Crippen LogP contribution in [0.2, 0.25) is 0 Å².